The molecule has 1 aromatic carbocycles. The zero-order valence-electron chi connectivity index (χ0n) is 16.6. The Morgan fingerprint density at radius 2 is 2.10 bits per heavy atom. The molecule has 1 aliphatic rings. The number of aliphatic hydroxyl groups excluding tert-OH is 1. The fraction of sp³-hybridized carbons (Fsp3) is 0.174. The number of Topliss-reactive ketones (excluding diaryl/α,β-unsaturated/α-hetero) is 1. The van der Waals surface area contributed by atoms with Crippen molar-refractivity contribution in [2.24, 2.45) is 0 Å². The van der Waals surface area contributed by atoms with E-state index in [9.17, 15) is 14.7 Å². The minimum Gasteiger partial charge on any atom is -0.507 e. The van der Waals surface area contributed by atoms with Crippen molar-refractivity contribution in [1.29, 1.82) is 0 Å². The first-order valence-electron chi connectivity index (χ1n) is 9.64. The Labute approximate surface area is 188 Å². The van der Waals surface area contributed by atoms with Crippen molar-refractivity contribution in [3.63, 3.8) is 0 Å². The van der Waals surface area contributed by atoms with Crippen LogP contribution in [-0.4, -0.2) is 33.3 Å². The Morgan fingerprint density at radius 1 is 1.26 bits per heavy atom. The van der Waals surface area contributed by atoms with Crippen molar-refractivity contribution < 1.29 is 19.4 Å². The van der Waals surface area contributed by atoms with Crippen LogP contribution in [0, 0.1) is 0 Å². The van der Waals surface area contributed by atoms with Gasteiger partial charge in [0.25, 0.3) is 11.7 Å². The molecule has 0 radical (unpaired) electrons. The first kappa shape index (κ1) is 21.1. The third-order valence-corrected chi connectivity index (χ3v) is 6.12. The Kier molecular flexibility index (Phi) is 6.06. The molecule has 1 atom stereocenters. The number of nitrogens with zero attached hydrogens (tertiary/aromatic N) is 2. The van der Waals surface area contributed by atoms with Crippen molar-refractivity contribution in [2.45, 2.75) is 19.5 Å². The smallest absolute Gasteiger partial charge is 0.295 e. The van der Waals surface area contributed by atoms with Crippen LogP contribution < -0.4 is 4.74 Å². The SMILES string of the molecule is CCOc1cc(/C(O)=C2/C(=O)C(=O)N(Cc3cccs3)C2c2cccnc2)ccc1Cl. The standard InChI is InChI=1S/C23H19ClN2O4S/c1-2-30-18-11-14(7-8-17(18)24)21(27)19-20(15-5-3-9-25-12-15)26(23(29)22(19)28)13-16-6-4-10-31-16/h3-12,20,27H,2,13H2,1H3/b21-19-. The lowest BCUT2D eigenvalue weighted by atomic mass is 9.96. The maximum absolute atomic E-state index is 13.0. The number of carbonyl (C=O) groups excluding carboxylic acids is 2. The molecule has 1 saturated heterocycles. The van der Waals surface area contributed by atoms with Gasteiger partial charge in [-0.3, -0.25) is 14.6 Å². The molecule has 0 saturated carbocycles. The van der Waals surface area contributed by atoms with E-state index in [0.717, 1.165) is 4.88 Å². The number of rotatable bonds is 6. The number of hydrogen-bond acceptors (Lipinski definition) is 6. The molecule has 0 aliphatic carbocycles. The summed E-state index contributed by atoms with van der Waals surface area (Å²) in [5.41, 5.74) is 0.994. The summed E-state index contributed by atoms with van der Waals surface area (Å²) in [6.45, 7) is 2.47. The molecular weight excluding hydrogens is 436 g/mol. The number of hydrogen-bond donors (Lipinski definition) is 1. The molecule has 4 rings (SSSR count). The van der Waals surface area contributed by atoms with E-state index in [2.05, 4.69) is 4.98 Å². The number of thiophene rings is 1. The number of benzene rings is 1. The summed E-state index contributed by atoms with van der Waals surface area (Å²) in [4.78, 5) is 32.5. The summed E-state index contributed by atoms with van der Waals surface area (Å²) >= 11 is 7.65. The van der Waals surface area contributed by atoms with Crippen LogP contribution in [0.25, 0.3) is 5.76 Å². The minimum atomic E-state index is -0.762. The van der Waals surface area contributed by atoms with Gasteiger partial charge in [0, 0.05) is 22.8 Å². The fourth-order valence-corrected chi connectivity index (χ4v) is 4.44. The average Bonchev–Trinajstić information content (AvgIpc) is 3.38. The van der Waals surface area contributed by atoms with Gasteiger partial charge < -0.3 is 14.7 Å². The first-order valence-corrected chi connectivity index (χ1v) is 10.9. The van der Waals surface area contributed by atoms with Crippen molar-refractivity contribution in [2.75, 3.05) is 6.61 Å². The number of ether oxygens (including phenoxy) is 1. The number of pyridine rings is 1. The monoisotopic (exact) mass is 454 g/mol. The van der Waals surface area contributed by atoms with E-state index in [1.807, 2.05) is 24.4 Å². The third kappa shape index (κ3) is 4.06. The topological polar surface area (TPSA) is 79.7 Å². The van der Waals surface area contributed by atoms with Crippen molar-refractivity contribution in [1.82, 2.24) is 9.88 Å². The number of amides is 1. The summed E-state index contributed by atoms with van der Waals surface area (Å²) in [7, 11) is 0. The van der Waals surface area contributed by atoms with Gasteiger partial charge in [0.2, 0.25) is 0 Å². The van der Waals surface area contributed by atoms with Gasteiger partial charge in [0.15, 0.2) is 0 Å². The number of halogens is 1. The number of ketones is 1. The highest BCUT2D eigenvalue weighted by molar-refractivity contribution is 7.09. The predicted octanol–water partition coefficient (Wildman–Crippen LogP) is 4.82. The van der Waals surface area contributed by atoms with E-state index in [0.29, 0.717) is 28.5 Å². The second-order valence-corrected chi connectivity index (χ2v) is 8.31. The Hall–Kier alpha value is -3.16. The summed E-state index contributed by atoms with van der Waals surface area (Å²) in [6.07, 6.45) is 3.21. The highest BCUT2D eigenvalue weighted by atomic mass is 35.5. The van der Waals surface area contributed by atoms with Crippen LogP contribution in [0.2, 0.25) is 5.02 Å². The van der Waals surface area contributed by atoms with Gasteiger partial charge in [-0.25, -0.2) is 0 Å². The van der Waals surface area contributed by atoms with Crippen LogP contribution in [0.1, 0.15) is 29.0 Å². The quantitative estimate of drug-likeness (QED) is 0.328. The zero-order chi connectivity index (χ0) is 22.0. The van der Waals surface area contributed by atoms with Crippen LogP contribution in [0.3, 0.4) is 0 Å². The Balaban J connectivity index is 1.85. The van der Waals surface area contributed by atoms with E-state index < -0.39 is 17.7 Å². The van der Waals surface area contributed by atoms with Gasteiger partial charge in [-0.2, -0.15) is 0 Å². The molecule has 6 nitrogen and oxygen atoms in total. The molecule has 1 fully saturated rings. The number of carbonyl (C=O) groups is 2. The molecule has 158 valence electrons. The molecule has 0 spiro atoms. The molecule has 31 heavy (non-hydrogen) atoms. The van der Waals surface area contributed by atoms with Crippen LogP contribution in [0.5, 0.6) is 5.75 Å². The lowest BCUT2D eigenvalue weighted by molar-refractivity contribution is -0.140. The Bertz CT molecular complexity index is 1150. The summed E-state index contributed by atoms with van der Waals surface area (Å²) in [5.74, 6) is -1.30. The summed E-state index contributed by atoms with van der Waals surface area (Å²) in [6, 6.07) is 11.3. The second kappa shape index (κ2) is 8.91. The Morgan fingerprint density at radius 3 is 2.77 bits per heavy atom. The van der Waals surface area contributed by atoms with E-state index in [1.165, 1.54) is 16.2 Å². The van der Waals surface area contributed by atoms with Crippen LogP contribution >= 0.6 is 22.9 Å². The molecule has 3 heterocycles. The van der Waals surface area contributed by atoms with Gasteiger partial charge in [-0.1, -0.05) is 23.7 Å². The molecule has 2 aromatic heterocycles. The molecular formula is C23H19ClN2O4S. The lowest BCUT2D eigenvalue weighted by Gasteiger charge is -2.24. The van der Waals surface area contributed by atoms with E-state index in [4.69, 9.17) is 16.3 Å². The molecule has 1 N–H and O–H groups in total. The maximum atomic E-state index is 13.0. The van der Waals surface area contributed by atoms with Crippen LogP contribution in [-0.2, 0) is 16.1 Å². The normalized spacial score (nSPS) is 17.9. The molecule has 1 unspecified atom stereocenters. The summed E-state index contributed by atoms with van der Waals surface area (Å²) in [5, 5.41) is 13.4. The highest BCUT2D eigenvalue weighted by Gasteiger charge is 2.46. The largest absolute Gasteiger partial charge is 0.507 e. The van der Waals surface area contributed by atoms with E-state index in [-0.39, 0.29) is 17.9 Å². The highest BCUT2D eigenvalue weighted by Crippen LogP contribution is 2.41. The van der Waals surface area contributed by atoms with Gasteiger partial charge in [-0.15, -0.1) is 11.3 Å². The fourth-order valence-electron chi connectivity index (χ4n) is 3.57. The van der Waals surface area contributed by atoms with Gasteiger partial charge >= 0.3 is 0 Å². The van der Waals surface area contributed by atoms with Gasteiger partial charge in [0.05, 0.1) is 29.8 Å². The van der Waals surface area contributed by atoms with Gasteiger partial charge in [-0.05, 0) is 48.2 Å². The van der Waals surface area contributed by atoms with Gasteiger partial charge in [0.1, 0.15) is 11.5 Å². The number of aromatic nitrogens is 1. The van der Waals surface area contributed by atoms with Crippen molar-refractivity contribution in [3.05, 3.63) is 86.8 Å². The predicted molar refractivity (Wildman–Crippen MR) is 119 cm³/mol. The number of likely N-dealkylation sites (tertiary alicyclic amines) is 1. The zero-order valence-corrected chi connectivity index (χ0v) is 18.2. The minimum absolute atomic E-state index is 0.0133. The molecule has 1 aliphatic heterocycles. The van der Waals surface area contributed by atoms with Crippen LogP contribution in [0.4, 0.5) is 0 Å². The van der Waals surface area contributed by atoms with E-state index in [1.54, 1.807) is 42.7 Å². The average molecular weight is 455 g/mol. The molecule has 1 amide bonds. The van der Waals surface area contributed by atoms with Crippen molar-refractivity contribution in [3.8, 4) is 5.75 Å². The van der Waals surface area contributed by atoms with Crippen LogP contribution in [0.15, 0.2) is 65.8 Å². The molecule has 0 bridgehead atoms. The van der Waals surface area contributed by atoms with E-state index >= 15 is 0 Å². The second-order valence-electron chi connectivity index (χ2n) is 6.87. The first-order chi connectivity index (χ1) is 15.0. The summed E-state index contributed by atoms with van der Waals surface area (Å²) < 4.78 is 5.50. The third-order valence-electron chi connectivity index (χ3n) is 4.95. The molecule has 3 aromatic rings. The maximum Gasteiger partial charge on any atom is 0.295 e. The number of aliphatic hydroxyl groups is 1. The van der Waals surface area contributed by atoms with Crippen molar-refractivity contribution >= 4 is 40.4 Å². The lowest BCUT2D eigenvalue weighted by Crippen LogP contribution is -2.28. The molecule has 8 heteroatoms.